The highest BCUT2D eigenvalue weighted by Gasteiger charge is 2.20. The maximum absolute atomic E-state index is 4.78. The van der Waals surface area contributed by atoms with Crippen LogP contribution in [0.15, 0.2) is 36.0 Å². The Morgan fingerprint density at radius 3 is 2.60 bits per heavy atom. The highest BCUT2D eigenvalue weighted by molar-refractivity contribution is 7.09. The van der Waals surface area contributed by atoms with E-state index in [0.29, 0.717) is 5.82 Å². The van der Waals surface area contributed by atoms with Crippen LogP contribution in [0.2, 0.25) is 0 Å². The third kappa shape index (κ3) is 4.20. The van der Waals surface area contributed by atoms with Gasteiger partial charge in [-0.1, -0.05) is 20.8 Å². The molecule has 0 amide bonds. The first kappa shape index (κ1) is 17.5. The normalized spacial score (nSPS) is 12.8. The van der Waals surface area contributed by atoms with Gasteiger partial charge in [0, 0.05) is 40.5 Å². The predicted molar refractivity (Wildman–Crippen MR) is 103 cm³/mol. The number of aromatic nitrogens is 4. The smallest absolute Gasteiger partial charge is 0.163 e. The van der Waals surface area contributed by atoms with Gasteiger partial charge in [-0.2, -0.15) is 0 Å². The molecule has 3 aromatic heterocycles. The molecule has 0 fully saturated rings. The van der Waals surface area contributed by atoms with Crippen molar-refractivity contribution < 1.29 is 0 Å². The van der Waals surface area contributed by atoms with Gasteiger partial charge >= 0.3 is 0 Å². The fraction of sp³-hybridized carbons (Fsp3) is 0.368. The number of hydrogen-bond donors (Lipinski definition) is 1. The number of anilines is 1. The lowest BCUT2D eigenvalue weighted by Gasteiger charge is -2.16. The highest BCUT2D eigenvalue weighted by Crippen LogP contribution is 2.28. The van der Waals surface area contributed by atoms with Crippen LogP contribution in [-0.4, -0.2) is 19.9 Å². The van der Waals surface area contributed by atoms with E-state index in [4.69, 9.17) is 4.98 Å². The Hall–Kier alpha value is -2.34. The molecule has 25 heavy (non-hydrogen) atoms. The van der Waals surface area contributed by atoms with Gasteiger partial charge in [-0.3, -0.25) is 4.98 Å². The number of nitrogens with one attached hydrogen (secondary N) is 1. The zero-order valence-electron chi connectivity index (χ0n) is 15.2. The summed E-state index contributed by atoms with van der Waals surface area (Å²) in [5.74, 6) is 1.48. The molecule has 1 N–H and O–H groups in total. The number of rotatable bonds is 4. The molecule has 0 aliphatic rings. The van der Waals surface area contributed by atoms with Crippen LogP contribution in [0.3, 0.4) is 0 Å². The van der Waals surface area contributed by atoms with Gasteiger partial charge < -0.3 is 5.32 Å². The minimum atomic E-state index is 0.0630. The first-order valence-corrected chi connectivity index (χ1v) is 9.19. The van der Waals surface area contributed by atoms with Crippen LogP contribution in [0, 0.1) is 6.92 Å². The molecule has 130 valence electrons. The zero-order valence-corrected chi connectivity index (χ0v) is 16.1. The topological polar surface area (TPSA) is 63.6 Å². The van der Waals surface area contributed by atoms with Gasteiger partial charge in [-0.05, 0) is 26.0 Å². The van der Waals surface area contributed by atoms with Gasteiger partial charge in [0.25, 0.3) is 0 Å². The van der Waals surface area contributed by atoms with E-state index in [9.17, 15) is 0 Å². The molecule has 0 saturated carbocycles. The van der Waals surface area contributed by atoms with E-state index < -0.39 is 0 Å². The van der Waals surface area contributed by atoms with Crippen LogP contribution in [0.5, 0.6) is 0 Å². The van der Waals surface area contributed by atoms with Gasteiger partial charge in [0.15, 0.2) is 5.82 Å². The van der Waals surface area contributed by atoms with Gasteiger partial charge in [0.05, 0.1) is 11.7 Å². The molecule has 3 rings (SSSR count). The summed E-state index contributed by atoms with van der Waals surface area (Å²) < 4.78 is 0. The molecule has 0 bridgehead atoms. The van der Waals surface area contributed by atoms with E-state index in [1.807, 2.05) is 25.1 Å². The molecule has 1 unspecified atom stereocenters. The van der Waals surface area contributed by atoms with Crippen LogP contribution >= 0.6 is 11.3 Å². The van der Waals surface area contributed by atoms with Crippen molar-refractivity contribution in [1.29, 1.82) is 0 Å². The SMILES string of the molecule is Cc1cc(NC(C)c2nc(C(C)(C)C)cs2)nc(-c2cccnc2)n1. The average molecular weight is 353 g/mol. The largest absolute Gasteiger partial charge is 0.361 e. The molecule has 0 radical (unpaired) electrons. The average Bonchev–Trinajstić information content (AvgIpc) is 3.05. The third-order valence-electron chi connectivity index (χ3n) is 3.80. The summed E-state index contributed by atoms with van der Waals surface area (Å²) in [6.45, 7) is 10.6. The van der Waals surface area contributed by atoms with E-state index in [1.165, 1.54) is 0 Å². The molecule has 0 aliphatic carbocycles. The van der Waals surface area contributed by atoms with E-state index in [0.717, 1.165) is 27.8 Å². The zero-order chi connectivity index (χ0) is 18.0. The lowest BCUT2D eigenvalue weighted by molar-refractivity contribution is 0.569. The molecule has 0 aromatic carbocycles. The van der Waals surface area contributed by atoms with E-state index in [2.05, 4.69) is 53.3 Å². The summed E-state index contributed by atoms with van der Waals surface area (Å²) in [5.41, 5.74) is 3.01. The summed E-state index contributed by atoms with van der Waals surface area (Å²) in [6.07, 6.45) is 3.52. The molecule has 1 atom stereocenters. The van der Waals surface area contributed by atoms with Crippen LogP contribution in [-0.2, 0) is 5.41 Å². The summed E-state index contributed by atoms with van der Waals surface area (Å²) in [7, 11) is 0. The lowest BCUT2D eigenvalue weighted by Crippen LogP contribution is -2.13. The lowest BCUT2D eigenvalue weighted by atomic mass is 9.93. The van der Waals surface area contributed by atoms with Crippen LogP contribution in [0.25, 0.3) is 11.4 Å². The van der Waals surface area contributed by atoms with Crippen LogP contribution in [0.4, 0.5) is 5.82 Å². The molecular weight excluding hydrogens is 330 g/mol. The number of nitrogens with zero attached hydrogens (tertiary/aromatic N) is 4. The minimum absolute atomic E-state index is 0.0630. The van der Waals surface area contributed by atoms with Crippen molar-refractivity contribution in [3.05, 3.63) is 52.4 Å². The van der Waals surface area contributed by atoms with Crippen LogP contribution < -0.4 is 5.32 Å². The van der Waals surface area contributed by atoms with Crippen molar-refractivity contribution in [3.8, 4) is 11.4 Å². The molecule has 3 heterocycles. The fourth-order valence-electron chi connectivity index (χ4n) is 2.38. The van der Waals surface area contributed by atoms with E-state index in [-0.39, 0.29) is 11.5 Å². The number of pyridine rings is 1. The van der Waals surface area contributed by atoms with Crippen molar-refractivity contribution in [2.75, 3.05) is 5.32 Å². The van der Waals surface area contributed by atoms with Crippen molar-refractivity contribution in [2.45, 2.75) is 46.1 Å². The van der Waals surface area contributed by atoms with Crippen molar-refractivity contribution in [3.63, 3.8) is 0 Å². The quantitative estimate of drug-likeness (QED) is 0.731. The second-order valence-electron chi connectivity index (χ2n) is 7.15. The van der Waals surface area contributed by atoms with Gasteiger partial charge in [0.1, 0.15) is 10.8 Å². The van der Waals surface area contributed by atoms with Gasteiger partial charge in [0.2, 0.25) is 0 Å². The highest BCUT2D eigenvalue weighted by atomic mass is 32.1. The Kier molecular flexibility index (Phi) is 4.81. The summed E-state index contributed by atoms with van der Waals surface area (Å²) in [4.78, 5) is 18.1. The Balaban J connectivity index is 1.83. The van der Waals surface area contributed by atoms with Crippen molar-refractivity contribution in [2.24, 2.45) is 0 Å². The standard InChI is InChI=1S/C19H23N5S/c1-12-9-16(24-17(21-12)14-7-6-8-20-10-14)22-13(2)18-23-15(11-25-18)19(3,4)5/h6-11,13H,1-5H3,(H,21,22,24). The molecule has 3 aromatic rings. The molecule has 5 nitrogen and oxygen atoms in total. The minimum Gasteiger partial charge on any atom is -0.361 e. The second kappa shape index (κ2) is 6.88. The molecule has 6 heteroatoms. The Bertz CT molecular complexity index is 852. The Labute approximate surface area is 152 Å². The first-order chi connectivity index (χ1) is 11.8. The molecule has 0 saturated heterocycles. The number of aryl methyl sites for hydroxylation is 1. The van der Waals surface area contributed by atoms with Crippen molar-refractivity contribution in [1.82, 2.24) is 19.9 Å². The Morgan fingerprint density at radius 1 is 1.16 bits per heavy atom. The van der Waals surface area contributed by atoms with E-state index >= 15 is 0 Å². The summed E-state index contributed by atoms with van der Waals surface area (Å²) >= 11 is 1.68. The van der Waals surface area contributed by atoms with Gasteiger partial charge in [-0.25, -0.2) is 15.0 Å². The van der Waals surface area contributed by atoms with E-state index in [1.54, 1.807) is 23.7 Å². The summed E-state index contributed by atoms with van der Waals surface area (Å²) in [5, 5.41) is 6.65. The predicted octanol–water partition coefficient (Wildman–Crippen LogP) is 4.77. The summed E-state index contributed by atoms with van der Waals surface area (Å²) in [6, 6.07) is 5.89. The molecule has 0 aliphatic heterocycles. The second-order valence-corrected chi connectivity index (χ2v) is 8.04. The Morgan fingerprint density at radius 2 is 1.96 bits per heavy atom. The third-order valence-corrected chi connectivity index (χ3v) is 4.83. The first-order valence-electron chi connectivity index (χ1n) is 8.31. The number of hydrogen-bond acceptors (Lipinski definition) is 6. The monoisotopic (exact) mass is 353 g/mol. The molecular formula is C19H23N5S. The van der Waals surface area contributed by atoms with Crippen LogP contribution in [0.1, 0.15) is 50.1 Å². The van der Waals surface area contributed by atoms with Gasteiger partial charge in [-0.15, -0.1) is 11.3 Å². The number of thiazole rings is 1. The maximum atomic E-state index is 4.78. The fourth-order valence-corrected chi connectivity index (χ4v) is 3.43. The maximum Gasteiger partial charge on any atom is 0.163 e. The van der Waals surface area contributed by atoms with Crippen molar-refractivity contribution >= 4 is 17.2 Å². The molecule has 0 spiro atoms.